The SMILES string of the molecule is COc1cccc(-c2nc3ccccc3n2CC(=O)Nc2ccccc2C)c1. The third-order valence-electron chi connectivity index (χ3n) is 4.70. The Morgan fingerprint density at radius 1 is 1.04 bits per heavy atom. The Balaban J connectivity index is 1.73. The van der Waals surface area contributed by atoms with Gasteiger partial charge in [-0.05, 0) is 42.8 Å². The van der Waals surface area contributed by atoms with Crippen LogP contribution >= 0.6 is 0 Å². The van der Waals surface area contributed by atoms with Gasteiger partial charge in [0, 0.05) is 11.3 Å². The van der Waals surface area contributed by atoms with Crippen molar-refractivity contribution in [2.45, 2.75) is 13.5 Å². The minimum atomic E-state index is -0.0957. The Morgan fingerprint density at radius 3 is 2.64 bits per heavy atom. The van der Waals surface area contributed by atoms with Crippen LogP contribution in [0.5, 0.6) is 5.75 Å². The zero-order valence-corrected chi connectivity index (χ0v) is 15.8. The van der Waals surface area contributed by atoms with Gasteiger partial charge >= 0.3 is 0 Å². The summed E-state index contributed by atoms with van der Waals surface area (Å²) in [7, 11) is 1.64. The zero-order chi connectivity index (χ0) is 19.5. The highest BCUT2D eigenvalue weighted by atomic mass is 16.5. The number of para-hydroxylation sites is 3. The van der Waals surface area contributed by atoms with E-state index in [4.69, 9.17) is 9.72 Å². The maximum absolute atomic E-state index is 12.8. The summed E-state index contributed by atoms with van der Waals surface area (Å²) >= 11 is 0. The molecule has 4 aromatic rings. The van der Waals surface area contributed by atoms with Gasteiger partial charge in [-0.25, -0.2) is 4.98 Å². The first-order valence-corrected chi connectivity index (χ1v) is 9.11. The Kier molecular flexibility index (Phi) is 4.81. The van der Waals surface area contributed by atoms with Crippen molar-refractivity contribution in [3.63, 3.8) is 0 Å². The minimum Gasteiger partial charge on any atom is -0.497 e. The van der Waals surface area contributed by atoms with Gasteiger partial charge in [-0.2, -0.15) is 0 Å². The van der Waals surface area contributed by atoms with Crippen molar-refractivity contribution in [1.29, 1.82) is 0 Å². The molecule has 1 amide bonds. The average Bonchev–Trinajstić information content (AvgIpc) is 3.08. The molecule has 5 nitrogen and oxygen atoms in total. The smallest absolute Gasteiger partial charge is 0.244 e. The van der Waals surface area contributed by atoms with E-state index in [0.717, 1.165) is 39.4 Å². The van der Waals surface area contributed by atoms with Crippen LogP contribution in [0.15, 0.2) is 72.8 Å². The number of fused-ring (bicyclic) bond motifs is 1. The van der Waals surface area contributed by atoms with E-state index in [1.165, 1.54) is 0 Å². The highest BCUT2D eigenvalue weighted by Crippen LogP contribution is 2.27. The van der Waals surface area contributed by atoms with Crippen molar-refractivity contribution in [2.75, 3.05) is 12.4 Å². The van der Waals surface area contributed by atoms with Crippen molar-refractivity contribution < 1.29 is 9.53 Å². The number of aromatic nitrogens is 2. The average molecular weight is 371 g/mol. The summed E-state index contributed by atoms with van der Waals surface area (Å²) in [5.41, 5.74) is 4.52. The predicted molar refractivity (Wildman–Crippen MR) is 112 cm³/mol. The van der Waals surface area contributed by atoms with Gasteiger partial charge in [-0.15, -0.1) is 0 Å². The molecule has 1 N–H and O–H groups in total. The normalized spacial score (nSPS) is 10.8. The summed E-state index contributed by atoms with van der Waals surface area (Å²) in [5.74, 6) is 1.39. The molecule has 5 heteroatoms. The van der Waals surface area contributed by atoms with Gasteiger partial charge in [-0.1, -0.05) is 42.5 Å². The number of anilines is 1. The Hall–Kier alpha value is -3.60. The Morgan fingerprint density at radius 2 is 1.82 bits per heavy atom. The largest absolute Gasteiger partial charge is 0.497 e. The van der Waals surface area contributed by atoms with E-state index < -0.39 is 0 Å². The van der Waals surface area contributed by atoms with Gasteiger partial charge < -0.3 is 14.6 Å². The predicted octanol–water partition coefficient (Wildman–Crippen LogP) is 4.66. The molecule has 28 heavy (non-hydrogen) atoms. The molecule has 0 aliphatic heterocycles. The van der Waals surface area contributed by atoms with E-state index >= 15 is 0 Å². The molecule has 1 heterocycles. The highest BCUT2D eigenvalue weighted by Gasteiger charge is 2.16. The fourth-order valence-electron chi connectivity index (χ4n) is 3.26. The van der Waals surface area contributed by atoms with Crippen molar-refractivity contribution >= 4 is 22.6 Å². The van der Waals surface area contributed by atoms with Crippen LogP contribution in [0.3, 0.4) is 0 Å². The number of aryl methyl sites for hydroxylation is 1. The fourth-order valence-corrected chi connectivity index (χ4v) is 3.26. The molecule has 140 valence electrons. The molecule has 0 radical (unpaired) electrons. The number of ether oxygens (including phenoxy) is 1. The van der Waals surface area contributed by atoms with E-state index in [2.05, 4.69) is 5.32 Å². The Bertz CT molecular complexity index is 1150. The molecule has 0 aliphatic rings. The number of hydrogen-bond donors (Lipinski definition) is 1. The van der Waals surface area contributed by atoms with E-state index in [-0.39, 0.29) is 12.5 Å². The topological polar surface area (TPSA) is 56.2 Å². The number of nitrogens with zero attached hydrogens (tertiary/aromatic N) is 2. The van der Waals surface area contributed by atoms with Crippen LogP contribution in [0.25, 0.3) is 22.4 Å². The second-order valence-electron chi connectivity index (χ2n) is 6.61. The summed E-state index contributed by atoms with van der Waals surface area (Å²) in [5, 5.41) is 3.00. The second-order valence-corrected chi connectivity index (χ2v) is 6.61. The molecule has 0 saturated carbocycles. The van der Waals surface area contributed by atoms with Crippen LogP contribution in [0, 0.1) is 6.92 Å². The van der Waals surface area contributed by atoms with E-state index in [1.807, 2.05) is 84.3 Å². The van der Waals surface area contributed by atoms with Gasteiger partial charge in [0.25, 0.3) is 0 Å². The van der Waals surface area contributed by atoms with Crippen LogP contribution in [0.2, 0.25) is 0 Å². The lowest BCUT2D eigenvalue weighted by Crippen LogP contribution is -2.19. The maximum Gasteiger partial charge on any atom is 0.244 e. The van der Waals surface area contributed by atoms with Gasteiger partial charge in [-0.3, -0.25) is 4.79 Å². The molecular weight excluding hydrogens is 350 g/mol. The quantitative estimate of drug-likeness (QED) is 0.555. The van der Waals surface area contributed by atoms with Gasteiger partial charge in [0.05, 0.1) is 18.1 Å². The minimum absolute atomic E-state index is 0.0957. The number of carbonyl (C=O) groups excluding carboxylic acids is 1. The Labute approximate surface area is 163 Å². The molecule has 0 unspecified atom stereocenters. The number of benzene rings is 3. The standard InChI is InChI=1S/C23H21N3O2/c1-16-8-3-4-11-19(16)24-22(27)15-26-21-13-6-5-12-20(21)25-23(26)17-9-7-10-18(14-17)28-2/h3-14H,15H2,1-2H3,(H,24,27). The lowest BCUT2D eigenvalue weighted by atomic mass is 10.2. The number of hydrogen-bond acceptors (Lipinski definition) is 3. The third kappa shape index (κ3) is 3.47. The first-order chi connectivity index (χ1) is 13.7. The van der Waals surface area contributed by atoms with E-state index in [9.17, 15) is 4.79 Å². The number of nitrogens with one attached hydrogen (secondary N) is 1. The van der Waals surface area contributed by atoms with Crippen molar-refractivity contribution in [2.24, 2.45) is 0 Å². The van der Waals surface area contributed by atoms with Crippen LogP contribution in [0.1, 0.15) is 5.56 Å². The molecule has 0 atom stereocenters. The van der Waals surface area contributed by atoms with Crippen LogP contribution < -0.4 is 10.1 Å². The lowest BCUT2D eigenvalue weighted by molar-refractivity contribution is -0.116. The van der Waals surface area contributed by atoms with Crippen molar-refractivity contribution in [3.8, 4) is 17.1 Å². The molecule has 4 rings (SSSR count). The van der Waals surface area contributed by atoms with Crippen LogP contribution in [-0.2, 0) is 11.3 Å². The first-order valence-electron chi connectivity index (χ1n) is 9.11. The number of methoxy groups -OCH3 is 1. The number of amides is 1. The third-order valence-corrected chi connectivity index (χ3v) is 4.70. The van der Waals surface area contributed by atoms with Gasteiger partial charge in [0.1, 0.15) is 18.1 Å². The van der Waals surface area contributed by atoms with E-state index in [1.54, 1.807) is 7.11 Å². The number of rotatable bonds is 5. The van der Waals surface area contributed by atoms with Crippen molar-refractivity contribution in [1.82, 2.24) is 9.55 Å². The molecule has 0 fully saturated rings. The van der Waals surface area contributed by atoms with Crippen LogP contribution in [0.4, 0.5) is 5.69 Å². The van der Waals surface area contributed by atoms with E-state index in [0.29, 0.717) is 0 Å². The summed E-state index contributed by atoms with van der Waals surface area (Å²) in [6.45, 7) is 2.14. The van der Waals surface area contributed by atoms with Gasteiger partial charge in [0.2, 0.25) is 5.91 Å². The maximum atomic E-state index is 12.8. The first kappa shape index (κ1) is 17.8. The monoisotopic (exact) mass is 371 g/mol. The molecule has 0 spiro atoms. The summed E-state index contributed by atoms with van der Waals surface area (Å²) in [6, 6.07) is 23.3. The zero-order valence-electron chi connectivity index (χ0n) is 15.8. The summed E-state index contributed by atoms with van der Waals surface area (Å²) in [6.07, 6.45) is 0. The summed E-state index contributed by atoms with van der Waals surface area (Å²) < 4.78 is 7.29. The molecule has 0 aliphatic carbocycles. The number of carbonyl (C=O) groups is 1. The fraction of sp³-hybridized carbons (Fsp3) is 0.130. The molecule has 0 bridgehead atoms. The number of imidazole rings is 1. The summed E-state index contributed by atoms with van der Waals surface area (Å²) in [4.78, 5) is 17.6. The van der Waals surface area contributed by atoms with Crippen LogP contribution in [-0.4, -0.2) is 22.6 Å². The second kappa shape index (κ2) is 7.56. The molecule has 1 aromatic heterocycles. The molecule has 0 saturated heterocycles. The lowest BCUT2D eigenvalue weighted by Gasteiger charge is -2.12. The molecule has 3 aromatic carbocycles. The highest BCUT2D eigenvalue weighted by molar-refractivity contribution is 5.93. The van der Waals surface area contributed by atoms with Gasteiger partial charge in [0.15, 0.2) is 0 Å². The molecular formula is C23H21N3O2. The van der Waals surface area contributed by atoms with Crippen molar-refractivity contribution in [3.05, 3.63) is 78.4 Å².